The average Bonchev–Trinajstić information content (AvgIpc) is 3.18. The van der Waals surface area contributed by atoms with Crippen molar-refractivity contribution >= 4 is 23.3 Å². The lowest BCUT2D eigenvalue weighted by Gasteiger charge is -2.55. The standard InChI is InChI=1S/C33H38O6/c1-19(2)38-18-30(37)33(39-21(4)35)14-13-29-27-11-9-24-16-25(36)10-12-26(24)31(27)28(17-32(29,33)5)23-8-6-7-22(15-23)20(3)34/h6-8,15-16,27-29H,1,9-14,17-18H2,2-5H3. The van der Waals surface area contributed by atoms with E-state index in [1.807, 2.05) is 24.3 Å². The fourth-order valence-electron chi connectivity index (χ4n) is 8.15. The van der Waals surface area contributed by atoms with Gasteiger partial charge in [-0.15, -0.1) is 0 Å². The fourth-order valence-corrected chi connectivity index (χ4v) is 8.15. The van der Waals surface area contributed by atoms with Crippen LogP contribution >= 0.6 is 0 Å². The minimum atomic E-state index is -1.30. The van der Waals surface area contributed by atoms with Crippen LogP contribution in [0.2, 0.25) is 0 Å². The van der Waals surface area contributed by atoms with E-state index in [0.29, 0.717) is 30.6 Å². The Morgan fingerprint density at radius 1 is 1.08 bits per heavy atom. The van der Waals surface area contributed by atoms with Crippen LogP contribution in [0.1, 0.15) is 94.5 Å². The van der Waals surface area contributed by atoms with Gasteiger partial charge in [-0.25, -0.2) is 0 Å². The van der Waals surface area contributed by atoms with Crippen LogP contribution < -0.4 is 0 Å². The number of ether oxygens (including phenoxy) is 2. The van der Waals surface area contributed by atoms with E-state index in [2.05, 4.69) is 19.6 Å². The van der Waals surface area contributed by atoms with Crippen molar-refractivity contribution in [1.29, 1.82) is 0 Å². The zero-order valence-corrected chi connectivity index (χ0v) is 23.4. The van der Waals surface area contributed by atoms with Crippen molar-refractivity contribution in [3.63, 3.8) is 0 Å². The van der Waals surface area contributed by atoms with E-state index < -0.39 is 17.0 Å². The minimum absolute atomic E-state index is 0.000639. The van der Waals surface area contributed by atoms with Gasteiger partial charge in [0.05, 0.1) is 5.76 Å². The van der Waals surface area contributed by atoms with Crippen LogP contribution in [-0.4, -0.2) is 35.5 Å². The Bertz CT molecular complexity index is 1330. The van der Waals surface area contributed by atoms with E-state index in [0.717, 1.165) is 36.8 Å². The zero-order chi connectivity index (χ0) is 28.1. The third-order valence-corrected chi connectivity index (χ3v) is 9.77. The van der Waals surface area contributed by atoms with Crippen molar-refractivity contribution in [1.82, 2.24) is 0 Å². The number of Topliss-reactive ketones (excluding diaryl/α,β-unsaturated/α-hetero) is 2. The predicted molar refractivity (Wildman–Crippen MR) is 147 cm³/mol. The molecular formula is C33H38O6. The van der Waals surface area contributed by atoms with E-state index in [1.165, 1.54) is 18.1 Å². The normalized spacial score (nSPS) is 31.4. The van der Waals surface area contributed by atoms with Crippen LogP contribution in [-0.2, 0) is 23.9 Å². The molecule has 1 aromatic rings. The third kappa shape index (κ3) is 4.52. The van der Waals surface area contributed by atoms with Gasteiger partial charge >= 0.3 is 5.97 Å². The van der Waals surface area contributed by atoms with Gasteiger partial charge in [-0.05, 0) is 93.1 Å². The molecule has 0 amide bonds. The quantitative estimate of drug-likeness (QED) is 0.237. The lowest BCUT2D eigenvalue weighted by atomic mass is 9.50. The van der Waals surface area contributed by atoms with Crippen molar-refractivity contribution in [2.45, 2.75) is 84.2 Å². The molecule has 5 unspecified atom stereocenters. The third-order valence-electron chi connectivity index (χ3n) is 9.77. The molecule has 2 fully saturated rings. The molecule has 6 heteroatoms. The molecule has 0 bridgehead atoms. The van der Waals surface area contributed by atoms with Crippen LogP contribution in [0.3, 0.4) is 0 Å². The smallest absolute Gasteiger partial charge is 0.303 e. The van der Waals surface area contributed by atoms with Crippen LogP contribution in [0.15, 0.2) is 59.4 Å². The lowest BCUT2D eigenvalue weighted by Crippen LogP contribution is -2.58. The van der Waals surface area contributed by atoms with Gasteiger partial charge in [0.25, 0.3) is 0 Å². The Morgan fingerprint density at radius 3 is 2.54 bits per heavy atom. The molecule has 0 aliphatic heterocycles. The van der Waals surface area contributed by atoms with Crippen molar-refractivity contribution in [2.75, 3.05) is 6.61 Å². The Morgan fingerprint density at radius 2 is 1.85 bits per heavy atom. The van der Waals surface area contributed by atoms with Crippen LogP contribution in [0, 0.1) is 17.3 Å². The maximum absolute atomic E-state index is 13.9. The number of carbonyl (C=O) groups is 4. The van der Waals surface area contributed by atoms with Crippen molar-refractivity contribution in [3.05, 3.63) is 70.5 Å². The van der Waals surface area contributed by atoms with E-state index in [1.54, 1.807) is 13.8 Å². The van der Waals surface area contributed by atoms with Crippen molar-refractivity contribution in [2.24, 2.45) is 17.3 Å². The average molecular weight is 531 g/mol. The number of ketones is 3. The molecular weight excluding hydrogens is 492 g/mol. The summed E-state index contributed by atoms with van der Waals surface area (Å²) in [5, 5.41) is 0. The predicted octanol–water partition coefficient (Wildman–Crippen LogP) is 6.21. The molecule has 0 N–H and O–H groups in total. The highest BCUT2D eigenvalue weighted by Crippen LogP contribution is 2.67. The maximum atomic E-state index is 13.9. The second kappa shape index (κ2) is 10.0. The summed E-state index contributed by atoms with van der Waals surface area (Å²) in [6, 6.07) is 7.79. The number of rotatable bonds is 7. The molecule has 206 valence electrons. The van der Waals surface area contributed by atoms with Gasteiger partial charge in [-0.2, -0.15) is 0 Å². The maximum Gasteiger partial charge on any atom is 0.303 e. The van der Waals surface area contributed by atoms with Crippen LogP contribution in [0.4, 0.5) is 0 Å². The lowest BCUT2D eigenvalue weighted by molar-refractivity contribution is -0.185. The summed E-state index contributed by atoms with van der Waals surface area (Å²) < 4.78 is 11.7. The van der Waals surface area contributed by atoms with Crippen molar-refractivity contribution < 1.29 is 28.7 Å². The molecule has 5 atom stereocenters. The Labute approximate surface area is 230 Å². The Hall–Kier alpha value is -3.28. The fraction of sp³-hybridized carbons (Fsp3) is 0.515. The molecule has 4 aliphatic rings. The van der Waals surface area contributed by atoms with E-state index >= 15 is 0 Å². The summed E-state index contributed by atoms with van der Waals surface area (Å²) in [4.78, 5) is 51.1. The number of hydrogen-bond acceptors (Lipinski definition) is 6. The topological polar surface area (TPSA) is 86.7 Å². The largest absolute Gasteiger partial charge is 0.491 e. The number of carbonyl (C=O) groups excluding carboxylic acids is 4. The zero-order valence-electron chi connectivity index (χ0n) is 23.4. The molecule has 6 nitrogen and oxygen atoms in total. The highest BCUT2D eigenvalue weighted by molar-refractivity contribution is 5.95. The summed E-state index contributed by atoms with van der Waals surface area (Å²) in [5.41, 5.74) is 3.53. The second-order valence-corrected chi connectivity index (χ2v) is 12.1. The summed E-state index contributed by atoms with van der Waals surface area (Å²) in [5.74, 6) is 0.195. The number of fused-ring (bicyclic) bond motifs is 4. The van der Waals surface area contributed by atoms with Gasteiger partial charge in [-0.3, -0.25) is 19.2 Å². The highest BCUT2D eigenvalue weighted by Gasteiger charge is 2.68. The first-order chi connectivity index (χ1) is 18.5. The number of benzene rings is 1. The van der Waals surface area contributed by atoms with Gasteiger partial charge in [0.1, 0.15) is 0 Å². The molecule has 0 spiro atoms. The van der Waals surface area contributed by atoms with Gasteiger partial charge in [0.15, 0.2) is 23.8 Å². The highest BCUT2D eigenvalue weighted by atomic mass is 16.6. The second-order valence-electron chi connectivity index (χ2n) is 12.1. The molecule has 0 saturated heterocycles. The summed E-state index contributed by atoms with van der Waals surface area (Å²) in [7, 11) is 0. The molecule has 0 radical (unpaired) electrons. The molecule has 1 aromatic carbocycles. The summed E-state index contributed by atoms with van der Waals surface area (Å²) in [6.07, 6.45) is 6.59. The first-order valence-electron chi connectivity index (χ1n) is 14.1. The first-order valence-corrected chi connectivity index (χ1v) is 14.1. The Kier molecular flexibility index (Phi) is 7.02. The molecule has 5 rings (SSSR count). The van der Waals surface area contributed by atoms with Crippen LogP contribution in [0.25, 0.3) is 0 Å². The summed E-state index contributed by atoms with van der Waals surface area (Å²) in [6.45, 7) is 10.3. The van der Waals surface area contributed by atoms with E-state index in [9.17, 15) is 19.2 Å². The van der Waals surface area contributed by atoms with Crippen LogP contribution in [0.5, 0.6) is 0 Å². The van der Waals surface area contributed by atoms with Gasteiger partial charge in [0.2, 0.25) is 5.78 Å². The molecule has 4 aliphatic carbocycles. The van der Waals surface area contributed by atoms with Gasteiger partial charge < -0.3 is 9.47 Å². The van der Waals surface area contributed by atoms with Gasteiger partial charge in [0, 0.05) is 30.2 Å². The number of allylic oxidation sites excluding steroid dienone is 5. The van der Waals surface area contributed by atoms with E-state index in [4.69, 9.17) is 9.47 Å². The first kappa shape index (κ1) is 27.3. The molecule has 0 aromatic heterocycles. The van der Waals surface area contributed by atoms with Gasteiger partial charge in [-0.1, -0.05) is 37.3 Å². The molecule has 0 heterocycles. The Balaban J connectivity index is 1.68. The number of hydrogen-bond donors (Lipinski definition) is 0. The minimum Gasteiger partial charge on any atom is -0.491 e. The molecule has 2 saturated carbocycles. The summed E-state index contributed by atoms with van der Waals surface area (Å²) >= 11 is 0. The SMILES string of the molecule is C=C(C)OCC(=O)C1(OC(C)=O)CCC2C3CCC4=CC(=O)CCC4=C3C(c3cccc(C(C)=O)c3)CC21C. The monoisotopic (exact) mass is 530 g/mol. The van der Waals surface area contributed by atoms with Crippen molar-refractivity contribution in [3.8, 4) is 0 Å². The molecule has 39 heavy (non-hydrogen) atoms. The van der Waals surface area contributed by atoms with E-state index in [-0.39, 0.29) is 41.7 Å². The number of esters is 1.